The van der Waals surface area contributed by atoms with Gasteiger partial charge in [0.05, 0.1) is 23.9 Å². The van der Waals surface area contributed by atoms with Gasteiger partial charge in [0.2, 0.25) is 0 Å². The third-order valence-corrected chi connectivity index (χ3v) is 5.83. The predicted octanol–water partition coefficient (Wildman–Crippen LogP) is 4.80. The summed E-state index contributed by atoms with van der Waals surface area (Å²) in [6.45, 7) is 4.25. The summed E-state index contributed by atoms with van der Waals surface area (Å²) in [4.78, 5) is 27.5. The Kier molecular flexibility index (Phi) is 7.68. The van der Waals surface area contributed by atoms with Crippen molar-refractivity contribution in [2.24, 2.45) is 0 Å². The highest BCUT2D eigenvalue weighted by Gasteiger charge is 2.19. The van der Waals surface area contributed by atoms with E-state index in [9.17, 15) is 14.9 Å². The Balaban J connectivity index is 2.28. The van der Waals surface area contributed by atoms with Gasteiger partial charge in [-0.05, 0) is 43.5 Å². The molecule has 0 aliphatic carbocycles. The molecule has 1 aromatic heterocycles. The Bertz CT molecular complexity index is 1250. The molecule has 1 heterocycles. The van der Waals surface area contributed by atoms with Crippen LogP contribution in [0.5, 0.6) is 0 Å². The Hall–Kier alpha value is -3.85. The van der Waals surface area contributed by atoms with Gasteiger partial charge in [-0.15, -0.1) is 0 Å². The van der Waals surface area contributed by atoms with Crippen LogP contribution in [0.15, 0.2) is 59.4 Å². The van der Waals surface area contributed by atoms with E-state index in [-0.39, 0.29) is 18.1 Å². The Morgan fingerprint density at radius 2 is 1.79 bits per heavy atom. The van der Waals surface area contributed by atoms with Gasteiger partial charge in [-0.25, -0.2) is 4.79 Å². The molecule has 0 aliphatic heterocycles. The van der Waals surface area contributed by atoms with E-state index >= 15 is 0 Å². The highest BCUT2D eigenvalue weighted by atomic mass is 16.2. The molecule has 6 nitrogen and oxygen atoms in total. The number of pyridine rings is 1. The number of nitriles is 1. The number of unbranched alkanes of at least 4 members (excludes halogenated alkanes) is 1. The van der Waals surface area contributed by atoms with E-state index in [1.54, 1.807) is 24.7 Å². The van der Waals surface area contributed by atoms with Gasteiger partial charge in [-0.1, -0.05) is 49.7 Å². The average molecular weight is 443 g/mol. The number of nitrogens with one attached hydrogen (secondary N) is 1. The zero-order valence-corrected chi connectivity index (χ0v) is 19.7. The standard InChI is InChI=1S/C27H30N4O2/c1-5-6-12-21-16-19(2)24(18-30(4)27(33)29-3)26(32)31(21)25-15-10-9-14-23(25)22-13-8-7-11-20(22)17-28/h7-11,13-16H,5-6,12,18H2,1-4H3,(H,29,33). The fourth-order valence-corrected chi connectivity index (χ4v) is 4.05. The number of amides is 2. The third-order valence-electron chi connectivity index (χ3n) is 5.83. The van der Waals surface area contributed by atoms with E-state index in [4.69, 9.17) is 0 Å². The van der Waals surface area contributed by atoms with E-state index in [0.717, 1.165) is 47.3 Å². The largest absolute Gasteiger partial charge is 0.341 e. The summed E-state index contributed by atoms with van der Waals surface area (Å²) in [5, 5.41) is 12.3. The summed E-state index contributed by atoms with van der Waals surface area (Å²) >= 11 is 0. The van der Waals surface area contributed by atoms with Crippen molar-refractivity contribution < 1.29 is 4.79 Å². The molecule has 2 amide bonds. The van der Waals surface area contributed by atoms with E-state index in [0.29, 0.717) is 11.1 Å². The number of urea groups is 1. The number of rotatable bonds is 7. The topological polar surface area (TPSA) is 78.1 Å². The first-order valence-electron chi connectivity index (χ1n) is 11.2. The zero-order chi connectivity index (χ0) is 24.0. The van der Waals surface area contributed by atoms with Crippen LogP contribution in [0.3, 0.4) is 0 Å². The molecule has 6 heteroatoms. The summed E-state index contributed by atoms with van der Waals surface area (Å²) < 4.78 is 1.76. The molecule has 0 radical (unpaired) electrons. The molecule has 0 atom stereocenters. The molecule has 3 aromatic rings. The van der Waals surface area contributed by atoms with Crippen molar-refractivity contribution in [1.29, 1.82) is 5.26 Å². The first-order valence-corrected chi connectivity index (χ1v) is 11.2. The smallest absolute Gasteiger partial charge is 0.317 e. The van der Waals surface area contributed by atoms with Gasteiger partial charge in [0, 0.05) is 36.5 Å². The number of aryl methyl sites for hydroxylation is 2. The monoisotopic (exact) mass is 442 g/mol. The molecule has 0 aliphatic rings. The van der Waals surface area contributed by atoms with Gasteiger partial charge in [0.1, 0.15) is 0 Å². The Labute approximate surface area is 195 Å². The third kappa shape index (κ3) is 4.98. The van der Waals surface area contributed by atoms with Crippen LogP contribution in [-0.4, -0.2) is 29.6 Å². The number of aromatic nitrogens is 1. The van der Waals surface area contributed by atoms with Gasteiger partial charge >= 0.3 is 6.03 Å². The number of benzene rings is 2. The summed E-state index contributed by atoms with van der Waals surface area (Å²) in [7, 11) is 3.24. The summed E-state index contributed by atoms with van der Waals surface area (Å²) in [5.41, 5.74) is 5.13. The normalized spacial score (nSPS) is 10.5. The minimum absolute atomic E-state index is 0.140. The number of para-hydroxylation sites is 1. The molecule has 0 saturated heterocycles. The van der Waals surface area contributed by atoms with Crippen molar-refractivity contribution in [3.63, 3.8) is 0 Å². The number of hydrogen-bond donors (Lipinski definition) is 1. The first-order chi connectivity index (χ1) is 15.9. The molecule has 33 heavy (non-hydrogen) atoms. The summed E-state index contributed by atoms with van der Waals surface area (Å²) in [5.74, 6) is 0. The Morgan fingerprint density at radius 3 is 2.45 bits per heavy atom. The molecule has 0 spiro atoms. The van der Waals surface area contributed by atoms with Crippen LogP contribution >= 0.6 is 0 Å². The lowest BCUT2D eigenvalue weighted by Gasteiger charge is -2.22. The van der Waals surface area contributed by atoms with Crippen LogP contribution in [0, 0.1) is 18.3 Å². The second kappa shape index (κ2) is 10.6. The van der Waals surface area contributed by atoms with Crippen molar-refractivity contribution in [3.05, 3.63) is 87.3 Å². The lowest BCUT2D eigenvalue weighted by molar-refractivity contribution is 0.209. The quantitative estimate of drug-likeness (QED) is 0.571. The molecule has 0 saturated carbocycles. The molecular weight excluding hydrogens is 412 g/mol. The molecular formula is C27H30N4O2. The Morgan fingerprint density at radius 1 is 1.12 bits per heavy atom. The molecule has 170 valence electrons. The van der Waals surface area contributed by atoms with Gasteiger partial charge in [0.15, 0.2) is 0 Å². The van der Waals surface area contributed by atoms with Crippen LogP contribution in [0.1, 0.15) is 42.1 Å². The van der Waals surface area contributed by atoms with Gasteiger partial charge < -0.3 is 10.2 Å². The molecule has 0 unspecified atom stereocenters. The van der Waals surface area contributed by atoms with Crippen LogP contribution in [-0.2, 0) is 13.0 Å². The van der Waals surface area contributed by atoms with Crippen molar-refractivity contribution in [1.82, 2.24) is 14.8 Å². The van der Waals surface area contributed by atoms with Crippen molar-refractivity contribution in [2.45, 2.75) is 39.7 Å². The molecule has 1 N–H and O–H groups in total. The molecule has 0 fully saturated rings. The maximum absolute atomic E-state index is 13.9. The van der Waals surface area contributed by atoms with Crippen molar-refractivity contribution in [3.8, 4) is 22.9 Å². The van der Waals surface area contributed by atoms with Crippen molar-refractivity contribution >= 4 is 6.03 Å². The zero-order valence-electron chi connectivity index (χ0n) is 19.7. The predicted molar refractivity (Wildman–Crippen MR) is 131 cm³/mol. The minimum atomic E-state index is -0.251. The van der Waals surface area contributed by atoms with Crippen LogP contribution in [0.2, 0.25) is 0 Å². The fraction of sp³-hybridized carbons (Fsp3) is 0.296. The lowest BCUT2D eigenvalue weighted by Crippen LogP contribution is -2.37. The summed E-state index contributed by atoms with van der Waals surface area (Å²) in [6, 6.07) is 19.2. The summed E-state index contributed by atoms with van der Waals surface area (Å²) in [6.07, 6.45) is 2.72. The lowest BCUT2D eigenvalue weighted by atomic mass is 9.97. The average Bonchev–Trinajstić information content (AvgIpc) is 2.84. The van der Waals surface area contributed by atoms with Crippen LogP contribution < -0.4 is 10.9 Å². The van der Waals surface area contributed by atoms with E-state index < -0.39 is 0 Å². The number of hydrogen-bond acceptors (Lipinski definition) is 3. The SMILES string of the molecule is CCCCc1cc(C)c(CN(C)C(=O)NC)c(=O)n1-c1ccccc1-c1ccccc1C#N. The maximum atomic E-state index is 13.9. The van der Waals surface area contributed by atoms with E-state index in [1.807, 2.05) is 49.4 Å². The van der Waals surface area contributed by atoms with E-state index in [2.05, 4.69) is 24.4 Å². The van der Waals surface area contributed by atoms with Crippen LogP contribution in [0.4, 0.5) is 4.79 Å². The molecule has 3 rings (SSSR count). The van der Waals surface area contributed by atoms with Gasteiger partial charge in [-0.2, -0.15) is 5.26 Å². The number of nitrogens with zero attached hydrogens (tertiary/aromatic N) is 3. The minimum Gasteiger partial charge on any atom is -0.341 e. The first kappa shape index (κ1) is 23.8. The van der Waals surface area contributed by atoms with Gasteiger partial charge in [0.25, 0.3) is 5.56 Å². The number of carbonyl (C=O) groups is 1. The maximum Gasteiger partial charge on any atom is 0.317 e. The molecule has 0 bridgehead atoms. The second-order valence-corrected chi connectivity index (χ2v) is 8.13. The highest BCUT2D eigenvalue weighted by Crippen LogP contribution is 2.30. The molecule has 2 aromatic carbocycles. The van der Waals surface area contributed by atoms with Crippen molar-refractivity contribution in [2.75, 3.05) is 14.1 Å². The van der Waals surface area contributed by atoms with Gasteiger partial charge in [-0.3, -0.25) is 9.36 Å². The highest BCUT2D eigenvalue weighted by molar-refractivity contribution is 5.78. The second-order valence-electron chi connectivity index (χ2n) is 8.13. The fourth-order valence-electron chi connectivity index (χ4n) is 4.05. The van der Waals surface area contributed by atoms with E-state index in [1.165, 1.54) is 4.90 Å². The number of carbonyl (C=O) groups excluding carboxylic acids is 1. The van der Waals surface area contributed by atoms with Crippen LogP contribution in [0.25, 0.3) is 16.8 Å².